The van der Waals surface area contributed by atoms with Crippen LogP contribution in [-0.4, -0.2) is 52.0 Å². The number of anilines is 2. The highest BCUT2D eigenvalue weighted by Crippen LogP contribution is 2.42. The predicted molar refractivity (Wildman–Crippen MR) is 113 cm³/mol. The van der Waals surface area contributed by atoms with E-state index >= 15 is 0 Å². The number of rotatable bonds is 6. The number of hydrogen-bond donors (Lipinski definition) is 2. The normalized spacial score (nSPS) is 12.9. The second kappa shape index (κ2) is 8.69. The van der Waals surface area contributed by atoms with Crippen molar-refractivity contribution in [2.75, 3.05) is 15.9 Å². The summed E-state index contributed by atoms with van der Waals surface area (Å²) < 4.78 is 68.5. The third kappa shape index (κ3) is 5.22. The molecule has 176 valence electrons. The van der Waals surface area contributed by atoms with Crippen LogP contribution in [0.25, 0.3) is 11.4 Å². The second-order valence-corrected chi connectivity index (χ2v) is 8.84. The van der Waals surface area contributed by atoms with Crippen LogP contribution in [0.1, 0.15) is 17.3 Å². The first kappa shape index (κ1) is 24.0. The molecule has 0 unspecified atom stereocenters. The molecule has 0 radical (unpaired) electrons. The maximum absolute atomic E-state index is 14.1. The van der Waals surface area contributed by atoms with Gasteiger partial charge in [-0.15, -0.1) is 5.10 Å². The van der Waals surface area contributed by atoms with E-state index in [1.807, 2.05) is 0 Å². The van der Waals surface area contributed by atoms with Gasteiger partial charge in [0.2, 0.25) is 10.0 Å². The molecule has 2 heterocycles. The molecule has 0 bridgehead atoms. The van der Waals surface area contributed by atoms with Gasteiger partial charge in [-0.25, -0.2) is 27.8 Å². The zero-order chi connectivity index (χ0) is 24.6. The number of halogens is 3. The number of amides is 1. The monoisotopic (exact) mass is 484 g/mol. The van der Waals surface area contributed by atoms with E-state index in [0.29, 0.717) is 0 Å². The molecule has 3 aromatic rings. The van der Waals surface area contributed by atoms with E-state index in [9.17, 15) is 31.5 Å². The minimum Gasteiger partial charge on any atom is -0.465 e. The Balaban J connectivity index is 2.18. The number of aryl methyl sites for hydroxylation is 2. The number of carboxylic acid groups (broad SMARTS) is 1. The van der Waals surface area contributed by atoms with Crippen molar-refractivity contribution < 1.29 is 31.5 Å². The fraction of sp³-hybridized carbons (Fsp3) is 0.263. The lowest BCUT2D eigenvalue weighted by atomic mass is 10.0. The van der Waals surface area contributed by atoms with Crippen molar-refractivity contribution in [3.63, 3.8) is 0 Å². The summed E-state index contributed by atoms with van der Waals surface area (Å²) in [5, 5.41) is 17.4. The number of sulfonamides is 1. The minimum atomic E-state index is -4.96. The van der Waals surface area contributed by atoms with Gasteiger partial charge in [0, 0.05) is 7.05 Å². The van der Waals surface area contributed by atoms with E-state index in [1.54, 1.807) is 0 Å². The number of aromatic nitrogens is 4. The Morgan fingerprint density at radius 1 is 1.18 bits per heavy atom. The average Bonchev–Trinajstić information content (AvgIpc) is 3.07. The quantitative estimate of drug-likeness (QED) is 0.549. The highest BCUT2D eigenvalue weighted by atomic mass is 32.2. The number of carbonyl (C=O) groups is 1. The number of nitrogens with one attached hydrogen (secondary N) is 1. The van der Waals surface area contributed by atoms with Crippen molar-refractivity contribution in [2.24, 2.45) is 7.05 Å². The van der Waals surface area contributed by atoms with Crippen LogP contribution in [-0.2, 0) is 17.1 Å². The summed E-state index contributed by atoms with van der Waals surface area (Å²) >= 11 is 0. The first-order valence-electron chi connectivity index (χ1n) is 9.29. The van der Waals surface area contributed by atoms with Crippen molar-refractivity contribution in [3.05, 3.63) is 53.7 Å². The molecule has 0 saturated heterocycles. The van der Waals surface area contributed by atoms with Gasteiger partial charge in [-0.2, -0.15) is 13.2 Å². The van der Waals surface area contributed by atoms with Gasteiger partial charge in [0.05, 0.1) is 23.3 Å². The molecule has 0 spiro atoms. The maximum Gasteiger partial charge on any atom is 0.413 e. The summed E-state index contributed by atoms with van der Waals surface area (Å²) in [6.45, 7) is 1.48. The van der Waals surface area contributed by atoms with Crippen LogP contribution in [0.15, 0.2) is 42.5 Å². The largest absolute Gasteiger partial charge is 0.465 e. The van der Waals surface area contributed by atoms with Crippen LogP contribution in [0.4, 0.5) is 29.5 Å². The highest BCUT2D eigenvalue weighted by Gasteiger charge is 2.49. The van der Waals surface area contributed by atoms with Crippen LogP contribution in [0.2, 0.25) is 0 Å². The van der Waals surface area contributed by atoms with E-state index in [0.717, 1.165) is 10.9 Å². The van der Waals surface area contributed by atoms with Crippen LogP contribution in [0, 0.1) is 6.92 Å². The molecule has 14 heteroatoms. The van der Waals surface area contributed by atoms with Gasteiger partial charge in [0.15, 0.2) is 17.6 Å². The van der Waals surface area contributed by atoms with E-state index in [4.69, 9.17) is 0 Å². The molecule has 10 nitrogen and oxygen atoms in total. The third-order valence-corrected chi connectivity index (χ3v) is 5.13. The van der Waals surface area contributed by atoms with Gasteiger partial charge in [0.1, 0.15) is 0 Å². The van der Waals surface area contributed by atoms with Crippen molar-refractivity contribution in [1.82, 2.24) is 20.0 Å². The van der Waals surface area contributed by atoms with Gasteiger partial charge < -0.3 is 5.11 Å². The van der Waals surface area contributed by atoms with Gasteiger partial charge in [0.25, 0.3) is 0 Å². The molecular formula is C19H19F3N6O4S. The number of hydrogen-bond acceptors (Lipinski definition) is 6. The fourth-order valence-electron chi connectivity index (χ4n) is 3.23. The van der Waals surface area contributed by atoms with Crippen molar-refractivity contribution >= 4 is 27.6 Å². The fourth-order valence-corrected chi connectivity index (χ4v) is 3.85. The Hall–Kier alpha value is -3.68. The minimum absolute atomic E-state index is 0.00915. The van der Waals surface area contributed by atoms with Gasteiger partial charge in [-0.1, -0.05) is 35.5 Å². The summed E-state index contributed by atoms with van der Waals surface area (Å²) in [5.41, 5.74) is -0.156. The van der Waals surface area contributed by atoms with Crippen LogP contribution in [0.3, 0.4) is 0 Å². The van der Waals surface area contributed by atoms with Crippen LogP contribution >= 0.6 is 0 Å². The smallest absolute Gasteiger partial charge is 0.413 e. The zero-order valence-electron chi connectivity index (χ0n) is 17.6. The van der Waals surface area contributed by atoms with E-state index in [-0.39, 0.29) is 33.2 Å². The maximum atomic E-state index is 14.1. The number of pyridine rings is 1. The number of benzene rings is 1. The van der Waals surface area contributed by atoms with E-state index in [2.05, 4.69) is 20.0 Å². The van der Waals surface area contributed by atoms with E-state index < -0.39 is 34.2 Å². The third-order valence-electron chi connectivity index (χ3n) is 4.54. The summed E-state index contributed by atoms with van der Waals surface area (Å²) in [4.78, 5) is 16.5. The summed E-state index contributed by atoms with van der Waals surface area (Å²) in [6.07, 6.45) is -5.89. The molecule has 0 aliphatic rings. The molecule has 2 aromatic heterocycles. The van der Waals surface area contributed by atoms with Crippen molar-refractivity contribution in [2.45, 2.75) is 19.1 Å². The topological polar surface area (TPSA) is 130 Å². The first-order valence-corrected chi connectivity index (χ1v) is 11.2. The Labute approximate surface area is 186 Å². The Morgan fingerprint density at radius 3 is 2.33 bits per heavy atom. The molecule has 0 aliphatic carbocycles. The van der Waals surface area contributed by atoms with Crippen molar-refractivity contribution in [1.29, 1.82) is 0 Å². The second-order valence-electron chi connectivity index (χ2n) is 7.10. The van der Waals surface area contributed by atoms with Gasteiger partial charge >= 0.3 is 12.3 Å². The first-order chi connectivity index (χ1) is 15.3. The molecule has 33 heavy (non-hydrogen) atoms. The lowest BCUT2D eigenvalue weighted by molar-refractivity contribution is -0.149. The standard InChI is InChI=1S/C19H19F3N6O4S/c1-11-13(25-33(3,31)32)9-10-14(23-11)15-17(27(2)26-24-15)28(18(29)30)16(19(20,21)22)12-7-5-4-6-8-12/h4-10,16,25H,1-3H3,(H,29,30)/t16-/m0/s1. The number of nitrogens with zero attached hydrogens (tertiary/aromatic N) is 5. The predicted octanol–water partition coefficient (Wildman–Crippen LogP) is 3.35. The summed E-state index contributed by atoms with van der Waals surface area (Å²) in [6, 6.07) is 6.71. The molecule has 2 N–H and O–H groups in total. The Bertz CT molecular complexity index is 1280. The molecule has 3 rings (SSSR count). The molecule has 1 atom stereocenters. The zero-order valence-corrected chi connectivity index (χ0v) is 18.4. The highest BCUT2D eigenvalue weighted by molar-refractivity contribution is 7.92. The van der Waals surface area contributed by atoms with Gasteiger partial charge in [-0.3, -0.25) is 4.72 Å². The SMILES string of the molecule is Cc1nc(-c2nnn(C)c2N(C(=O)O)[C@@H](c2ccccc2)C(F)(F)F)ccc1NS(C)(=O)=O. The van der Waals surface area contributed by atoms with Crippen LogP contribution < -0.4 is 9.62 Å². The summed E-state index contributed by atoms with van der Waals surface area (Å²) in [5.74, 6) is -0.454. The molecule has 0 saturated carbocycles. The van der Waals surface area contributed by atoms with Crippen LogP contribution in [0.5, 0.6) is 0 Å². The summed E-state index contributed by atoms with van der Waals surface area (Å²) in [7, 11) is -2.34. The average molecular weight is 484 g/mol. The molecule has 1 amide bonds. The lowest BCUT2D eigenvalue weighted by Crippen LogP contribution is -2.43. The molecule has 1 aromatic carbocycles. The number of alkyl halides is 3. The lowest BCUT2D eigenvalue weighted by Gasteiger charge is -2.31. The molecule has 0 fully saturated rings. The van der Waals surface area contributed by atoms with Crippen molar-refractivity contribution in [3.8, 4) is 11.4 Å². The molecular weight excluding hydrogens is 465 g/mol. The Morgan fingerprint density at radius 2 is 1.82 bits per heavy atom. The molecule has 0 aliphatic heterocycles. The van der Waals surface area contributed by atoms with Gasteiger partial charge in [-0.05, 0) is 24.6 Å². The Kier molecular flexibility index (Phi) is 6.31. The van der Waals surface area contributed by atoms with E-state index in [1.165, 1.54) is 56.4 Å².